The summed E-state index contributed by atoms with van der Waals surface area (Å²) in [5.41, 5.74) is 0. The van der Waals surface area contributed by atoms with Crippen LogP contribution in [0.1, 0.15) is 13.3 Å². The van der Waals surface area contributed by atoms with Crippen LogP contribution < -0.4 is 5.32 Å². The van der Waals surface area contributed by atoms with Gasteiger partial charge in [-0.1, -0.05) is 37.1 Å². The Balaban J connectivity index is 2.41. The van der Waals surface area contributed by atoms with E-state index in [1.165, 1.54) is 0 Å². The van der Waals surface area contributed by atoms with Gasteiger partial charge in [0.2, 0.25) is 0 Å². The molecule has 2 aromatic rings. The van der Waals surface area contributed by atoms with E-state index < -0.39 is 0 Å². The van der Waals surface area contributed by atoms with E-state index in [-0.39, 0.29) is 6.04 Å². The molecule has 0 saturated heterocycles. The lowest BCUT2D eigenvalue weighted by Crippen LogP contribution is -2.17. The monoisotopic (exact) mass is 211 g/mol. The second kappa shape index (κ2) is 4.63. The molecule has 1 aromatic carbocycles. The number of aromatic nitrogens is 2. The summed E-state index contributed by atoms with van der Waals surface area (Å²) in [6.45, 7) is 2.04. The Morgan fingerprint density at radius 3 is 3.00 bits per heavy atom. The summed E-state index contributed by atoms with van der Waals surface area (Å²) in [5.74, 6) is 3.44. The molecule has 0 amide bonds. The molecular formula is C13H13N3. The third-order valence-electron chi connectivity index (χ3n) is 2.49. The summed E-state index contributed by atoms with van der Waals surface area (Å²) >= 11 is 0. The van der Waals surface area contributed by atoms with Gasteiger partial charge >= 0.3 is 0 Å². The molecule has 2 rings (SSSR count). The Morgan fingerprint density at radius 1 is 1.44 bits per heavy atom. The fourth-order valence-electron chi connectivity index (χ4n) is 1.56. The minimum absolute atomic E-state index is 0.0000983. The van der Waals surface area contributed by atoms with Crippen LogP contribution in [0.25, 0.3) is 10.8 Å². The van der Waals surface area contributed by atoms with Crippen LogP contribution in [0.5, 0.6) is 0 Å². The fraction of sp³-hybridized carbons (Fsp3) is 0.231. The van der Waals surface area contributed by atoms with E-state index in [9.17, 15) is 0 Å². The zero-order valence-electron chi connectivity index (χ0n) is 9.14. The third-order valence-corrected chi connectivity index (χ3v) is 2.49. The quantitative estimate of drug-likeness (QED) is 0.792. The van der Waals surface area contributed by atoms with Gasteiger partial charge in [0.25, 0.3) is 0 Å². The van der Waals surface area contributed by atoms with Gasteiger partial charge in [-0.25, -0.2) is 0 Å². The molecule has 0 saturated carbocycles. The molecule has 1 aromatic heterocycles. The van der Waals surface area contributed by atoms with Crippen molar-refractivity contribution < 1.29 is 0 Å². The van der Waals surface area contributed by atoms with Crippen molar-refractivity contribution in [3.8, 4) is 12.3 Å². The first-order valence-electron chi connectivity index (χ1n) is 5.28. The molecule has 0 aliphatic rings. The molecule has 0 aliphatic heterocycles. The summed E-state index contributed by atoms with van der Waals surface area (Å²) in [6.07, 6.45) is 8.02. The molecule has 0 bridgehead atoms. The number of hydrogen-bond acceptors (Lipinski definition) is 3. The Bertz CT molecular complexity index is 523. The Kier molecular flexibility index (Phi) is 3.02. The van der Waals surface area contributed by atoms with Gasteiger partial charge < -0.3 is 5.32 Å². The van der Waals surface area contributed by atoms with E-state index >= 15 is 0 Å². The van der Waals surface area contributed by atoms with Gasteiger partial charge in [-0.2, -0.15) is 5.10 Å². The van der Waals surface area contributed by atoms with Crippen molar-refractivity contribution in [1.82, 2.24) is 10.2 Å². The molecule has 3 heteroatoms. The molecule has 0 aliphatic carbocycles. The molecule has 1 N–H and O–H groups in total. The Labute approximate surface area is 94.9 Å². The van der Waals surface area contributed by atoms with Crippen molar-refractivity contribution in [2.45, 2.75) is 19.4 Å². The minimum atomic E-state index is 0.0000983. The molecule has 1 atom stereocenters. The molecule has 0 radical (unpaired) electrons. The van der Waals surface area contributed by atoms with E-state index in [1.807, 2.05) is 31.2 Å². The number of benzene rings is 1. The van der Waals surface area contributed by atoms with Gasteiger partial charge in [0.05, 0.1) is 12.2 Å². The van der Waals surface area contributed by atoms with Crippen LogP contribution in [0.15, 0.2) is 30.5 Å². The largest absolute Gasteiger partial charge is 0.354 e. The van der Waals surface area contributed by atoms with E-state index in [0.29, 0.717) is 0 Å². The summed E-state index contributed by atoms with van der Waals surface area (Å²) in [6, 6.07) is 7.97. The summed E-state index contributed by atoms with van der Waals surface area (Å²) < 4.78 is 0. The van der Waals surface area contributed by atoms with Crippen LogP contribution in [0, 0.1) is 12.3 Å². The standard InChI is InChI=1S/C13H13N3/c1-3-11(4-2)15-13-12-8-6-5-7-10(12)9-14-16-13/h1,5-9,11H,4H2,2H3,(H,15,16). The van der Waals surface area contributed by atoms with Gasteiger partial charge in [-0.15, -0.1) is 11.5 Å². The third kappa shape index (κ3) is 1.96. The second-order valence-electron chi connectivity index (χ2n) is 3.55. The number of hydrogen-bond donors (Lipinski definition) is 1. The average Bonchev–Trinajstić information content (AvgIpc) is 2.36. The maximum absolute atomic E-state index is 5.41. The van der Waals surface area contributed by atoms with E-state index in [1.54, 1.807) is 6.20 Å². The van der Waals surface area contributed by atoms with Crippen molar-refractivity contribution in [3.05, 3.63) is 30.5 Å². The van der Waals surface area contributed by atoms with E-state index in [4.69, 9.17) is 6.42 Å². The fourth-order valence-corrected chi connectivity index (χ4v) is 1.56. The lowest BCUT2D eigenvalue weighted by Gasteiger charge is -2.12. The maximum atomic E-state index is 5.41. The Hall–Kier alpha value is -2.08. The summed E-state index contributed by atoms with van der Waals surface area (Å²) in [4.78, 5) is 0. The van der Waals surface area contributed by atoms with Crippen molar-refractivity contribution in [3.63, 3.8) is 0 Å². The first kappa shape index (κ1) is 10.4. The van der Waals surface area contributed by atoms with Crippen molar-refractivity contribution >= 4 is 16.6 Å². The van der Waals surface area contributed by atoms with Gasteiger partial charge in [0.1, 0.15) is 0 Å². The van der Waals surface area contributed by atoms with Gasteiger partial charge in [0.15, 0.2) is 5.82 Å². The molecule has 0 spiro atoms. The zero-order valence-corrected chi connectivity index (χ0v) is 9.14. The summed E-state index contributed by atoms with van der Waals surface area (Å²) in [5, 5.41) is 13.4. The predicted octanol–water partition coefficient (Wildman–Crippen LogP) is 2.45. The van der Waals surface area contributed by atoms with E-state index in [0.717, 1.165) is 23.0 Å². The number of nitrogens with zero attached hydrogens (tertiary/aromatic N) is 2. The minimum Gasteiger partial charge on any atom is -0.354 e. The molecule has 16 heavy (non-hydrogen) atoms. The molecule has 1 heterocycles. The van der Waals surface area contributed by atoms with Gasteiger partial charge in [-0.3, -0.25) is 0 Å². The molecule has 3 nitrogen and oxygen atoms in total. The highest BCUT2D eigenvalue weighted by atomic mass is 15.2. The summed E-state index contributed by atoms with van der Waals surface area (Å²) in [7, 11) is 0. The van der Waals surface area contributed by atoms with Crippen LogP contribution in [-0.2, 0) is 0 Å². The number of terminal acetylenes is 1. The van der Waals surface area contributed by atoms with Crippen LogP contribution in [0.2, 0.25) is 0 Å². The van der Waals surface area contributed by atoms with Gasteiger partial charge in [-0.05, 0) is 6.42 Å². The number of rotatable bonds is 3. The number of fused-ring (bicyclic) bond motifs is 1. The highest BCUT2D eigenvalue weighted by Gasteiger charge is 2.06. The van der Waals surface area contributed by atoms with Crippen LogP contribution >= 0.6 is 0 Å². The zero-order chi connectivity index (χ0) is 11.4. The number of anilines is 1. The van der Waals surface area contributed by atoms with Crippen molar-refractivity contribution in [2.75, 3.05) is 5.32 Å². The predicted molar refractivity (Wildman–Crippen MR) is 66.1 cm³/mol. The Morgan fingerprint density at radius 2 is 2.25 bits per heavy atom. The first-order chi connectivity index (χ1) is 7.85. The highest BCUT2D eigenvalue weighted by molar-refractivity contribution is 5.91. The average molecular weight is 211 g/mol. The molecule has 0 fully saturated rings. The highest BCUT2D eigenvalue weighted by Crippen LogP contribution is 2.19. The molecular weight excluding hydrogens is 198 g/mol. The topological polar surface area (TPSA) is 37.8 Å². The van der Waals surface area contributed by atoms with Gasteiger partial charge in [0, 0.05) is 10.8 Å². The van der Waals surface area contributed by atoms with Crippen LogP contribution in [0.4, 0.5) is 5.82 Å². The second-order valence-corrected chi connectivity index (χ2v) is 3.55. The maximum Gasteiger partial charge on any atom is 0.157 e. The smallest absolute Gasteiger partial charge is 0.157 e. The number of nitrogens with one attached hydrogen (secondary N) is 1. The first-order valence-corrected chi connectivity index (χ1v) is 5.28. The van der Waals surface area contributed by atoms with E-state index in [2.05, 4.69) is 21.4 Å². The lowest BCUT2D eigenvalue weighted by atomic mass is 10.1. The molecule has 80 valence electrons. The van der Waals surface area contributed by atoms with Crippen molar-refractivity contribution in [2.24, 2.45) is 0 Å². The molecule has 1 unspecified atom stereocenters. The SMILES string of the molecule is C#CC(CC)Nc1nncc2ccccc12. The lowest BCUT2D eigenvalue weighted by molar-refractivity contribution is 0.845. The normalized spacial score (nSPS) is 12.0. The van der Waals surface area contributed by atoms with Crippen LogP contribution in [-0.4, -0.2) is 16.2 Å². The van der Waals surface area contributed by atoms with Crippen LogP contribution in [0.3, 0.4) is 0 Å². The van der Waals surface area contributed by atoms with Crippen molar-refractivity contribution in [1.29, 1.82) is 0 Å².